The van der Waals surface area contributed by atoms with Gasteiger partial charge < -0.3 is 14.6 Å². The van der Waals surface area contributed by atoms with Gasteiger partial charge in [-0.25, -0.2) is 12.8 Å². The van der Waals surface area contributed by atoms with Gasteiger partial charge in [-0.2, -0.15) is 9.29 Å². The predicted octanol–water partition coefficient (Wildman–Crippen LogP) is 1.96. The number of nitrogens with one attached hydrogen (secondary N) is 1. The SMILES string of the molecule is COc1cccc(-c2noc(CNC(=O)CN(Cc3ccccc3F)S(C)(=O)=O)n2)c1. The zero-order valence-corrected chi connectivity index (χ0v) is 17.7. The zero-order valence-electron chi connectivity index (χ0n) is 16.9. The largest absolute Gasteiger partial charge is 0.497 e. The first kappa shape index (κ1) is 22.4. The number of aromatic nitrogens is 2. The van der Waals surface area contributed by atoms with Crippen LogP contribution in [-0.2, 0) is 27.9 Å². The number of benzene rings is 2. The van der Waals surface area contributed by atoms with Crippen molar-refractivity contribution >= 4 is 15.9 Å². The maximum absolute atomic E-state index is 13.9. The molecule has 0 aliphatic rings. The molecule has 1 heterocycles. The van der Waals surface area contributed by atoms with Crippen LogP contribution in [0.4, 0.5) is 4.39 Å². The number of hydrogen-bond donors (Lipinski definition) is 1. The minimum absolute atomic E-state index is 0.0902. The van der Waals surface area contributed by atoms with E-state index in [1.807, 2.05) is 0 Å². The van der Waals surface area contributed by atoms with Gasteiger partial charge in [0.25, 0.3) is 0 Å². The van der Waals surface area contributed by atoms with Gasteiger partial charge in [0.2, 0.25) is 27.6 Å². The van der Waals surface area contributed by atoms with Gasteiger partial charge in [-0.05, 0) is 18.2 Å². The van der Waals surface area contributed by atoms with Crippen LogP contribution in [0.3, 0.4) is 0 Å². The maximum atomic E-state index is 13.9. The van der Waals surface area contributed by atoms with Gasteiger partial charge in [0, 0.05) is 17.7 Å². The Labute approximate surface area is 178 Å². The van der Waals surface area contributed by atoms with Crippen LogP contribution >= 0.6 is 0 Å². The molecule has 0 aliphatic heterocycles. The third kappa shape index (κ3) is 6.09. The molecule has 3 aromatic rings. The molecule has 164 valence electrons. The lowest BCUT2D eigenvalue weighted by Gasteiger charge is -2.19. The zero-order chi connectivity index (χ0) is 22.4. The minimum atomic E-state index is -3.75. The number of ether oxygens (including phenoxy) is 1. The first-order chi connectivity index (χ1) is 14.8. The van der Waals surface area contributed by atoms with Crippen LogP contribution in [0.25, 0.3) is 11.4 Å². The first-order valence-corrected chi connectivity index (χ1v) is 11.0. The summed E-state index contributed by atoms with van der Waals surface area (Å²) >= 11 is 0. The molecule has 31 heavy (non-hydrogen) atoms. The highest BCUT2D eigenvalue weighted by atomic mass is 32.2. The summed E-state index contributed by atoms with van der Waals surface area (Å²) in [5, 5.41) is 6.39. The summed E-state index contributed by atoms with van der Waals surface area (Å²) in [5.41, 5.74) is 0.842. The molecule has 0 bridgehead atoms. The third-order valence-electron chi connectivity index (χ3n) is 4.33. The summed E-state index contributed by atoms with van der Waals surface area (Å²) in [4.78, 5) is 16.5. The Balaban J connectivity index is 1.62. The molecule has 0 radical (unpaired) electrons. The van der Waals surface area contributed by atoms with Crippen molar-refractivity contribution in [3.05, 3.63) is 65.8 Å². The summed E-state index contributed by atoms with van der Waals surface area (Å²) < 4.78 is 49.1. The van der Waals surface area contributed by atoms with Crippen molar-refractivity contribution in [3.63, 3.8) is 0 Å². The van der Waals surface area contributed by atoms with Crippen LogP contribution in [0.15, 0.2) is 53.1 Å². The van der Waals surface area contributed by atoms with E-state index in [1.54, 1.807) is 37.4 Å². The lowest BCUT2D eigenvalue weighted by molar-refractivity contribution is -0.121. The summed E-state index contributed by atoms with van der Waals surface area (Å²) in [6.07, 6.45) is 0.958. The number of rotatable bonds is 9. The summed E-state index contributed by atoms with van der Waals surface area (Å²) in [6.45, 7) is -0.837. The van der Waals surface area contributed by atoms with Crippen molar-refractivity contribution in [2.45, 2.75) is 13.1 Å². The van der Waals surface area contributed by atoms with E-state index in [0.717, 1.165) is 10.6 Å². The Bertz CT molecular complexity index is 1170. The molecule has 1 N–H and O–H groups in total. The number of hydrogen-bond acceptors (Lipinski definition) is 7. The van der Waals surface area contributed by atoms with Crippen molar-refractivity contribution in [2.24, 2.45) is 0 Å². The highest BCUT2D eigenvalue weighted by Crippen LogP contribution is 2.21. The Morgan fingerprint density at radius 2 is 2.00 bits per heavy atom. The molecule has 0 unspecified atom stereocenters. The van der Waals surface area contributed by atoms with Crippen LogP contribution in [0.2, 0.25) is 0 Å². The van der Waals surface area contributed by atoms with Gasteiger partial charge >= 0.3 is 0 Å². The molecule has 0 aliphatic carbocycles. The fraction of sp³-hybridized carbons (Fsp3) is 0.250. The Morgan fingerprint density at radius 3 is 2.71 bits per heavy atom. The van der Waals surface area contributed by atoms with E-state index in [0.29, 0.717) is 17.1 Å². The van der Waals surface area contributed by atoms with E-state index >= 15 is 0 Å². The van der Waals surface area contributed by atoms with Crippen molar-refractivity contribution in [1.82, 2.24) is 19.8 Å². The lowest BCUT2D eigenvalue weighted by Crippen LogP contribution is -2.39. The van der Waals surface area contributed by atoms with Gasteiger partial charge in [0.05, 0.1) is 26.5 Å². The second-order valence-corrected chi connectivity index (χ2v) is 8.63. The first-order valence-electron chi connectivity index (χ1n) is 9.18. The van der Waals surface area contributed by atoms with Gasteiger partial charge in [-0.15, -0.1) is 0 Å². The van der Waals surface area contributed by atoms with Gasteiger partial charge in [-0.1, -0.05) is 35.5 Å². The molecule has 2 aromatic carbocycles. The van der Waals surface area contributed by atoms with E-state index < -0.39 is 28.3 Å². The van der Waals surface area contributed by atoms with Crippen molar-refractivity contribution < 1.29 is 26.9 Å². The molecule has 3 rings (SSSR count). The number of nitrogens with zero attached hydrogens (tertiary/aromatic N) is 3. The Kier molecular flexibility index (Phi) is 6.98. The number of sulfonamides is 1. The fourth-order valence-electron chi connectivity index (χ4n) is 2.70. The quantitative estimate of drug-likeness (QED) is 0.532. The van der Waals surface area contributed by atoms with E-state index in [4.69, 9.17) is 9.26 Å². The second kappa shape index (κ2) is 9.67. The maximum Gasteiger partial charge on any atom is 0.246 e. The molecule has 0 atom stereocenters. The normalized spacial score (nSPS) is 11.5. The van der Waals surface area contributed by atoms with Crippen LogP contribution < -0.4 is 10.1 Å². The molecular weight excluding hydrogens is 427 g/mol. The average Bonchev–Trinajstić information content (AvgIpc) is 3.22. The van der Waals surface area contributed by atoms with Gasteiger partial charge in [-0.3, -0.25) is 4.79 Å². The lowest BCUT2D eigenvalue weighted by atomic mass is 10.2. The molecule has 11 heteroatoms. The van der Waals surface area contributed by atoms with Crippen molar-refractivity contribution in [2.75, 3.05) is 19.9 Å². The fourth-order valence-corrected chi connectivity index (χ4v) is 3.43. The molecule has 0 fully saturated rings. The Hall–Kier alpha value is -3.31. The van der Waals surface area contributed by atoms with Crippen molar-refractivity contribution in [3.8, 4) is 17.1 Å². The average molecular weight is 448 g/mol. The third-order valence-corrected chi connectivity index (χ3v) is 5.52. The van der Waals surface area contributed by atoms with E-state index in [9.17, 15) is 17.6 Å². The molecule has 0 saturated carbocycles. The smallest absolute Gasteiger partial charge is 0.246 e. The second-order valence-electron chi connectivity index (χ2n) is 6.64. The number of amides is 1. The number of halogens is 1. The van der Waals surface area contributed by atoms with Crippen LogP contribution in [-0.4, -0.2) is 48.7 Å². The molecule has 1 amide bonds. The van der Waals surface area contributed by atoms with E-state index in [2.05, 4.69) is 15.5 Å². The number of methoxy groups -OCH3 is 1. The van der Waals surface area contributed by atoms with Crippen LogP contribution in [0.1, 0.15) is 11.5 Å². The van der Waals surface area contributed by atoms with Crippen molar-refractivity contribution in [1.29, 1.82) is 0 Å². The summed E-state index contributed by atoms with van der Waals surface area (Å²) in [6, 6.07) is 12.9. The molecular formula is C20H21FN4O5S. The summed E-state index contributed by atoms with van der Waals surface area (Å²) in [7, 11) is -2.21. The predicted molar refractivity (Wildman–Crippen MR) is 110 cm³/mol. The van der Waals surface area contributed by atoms with Gasteiger partial charge in [0.15, 0.2) is 0 Å². The molecule has 0 saturated heterocycles. The minimum Gasteiger partial charge on any atom is -0.497 e. The highest BCUT2D eigenvalue weighted by Gasteiger charge is 2.22. The standard InChI is InChI=1S/C20H21FN4O5S/c1-29-16-8-5-7-14(10-16)20-23-19(30-24-20)11-22-18(26)13-25(31(2,27)28)12-15-6-3-4-9-17(15)21/h3-10H,11-13H2,1-2H3,(H,22,26). The van der Waals surface area contributed by atoms with E-state index in [1.165, 1.54) is 18.2 Å². The molecule has 0 spiro atoms. The van der Waals surface area contributed by atoms with Crippen LogP contribution in [0.5, 0.6) is 5.75 Å². The number of carbonyl (C=O) groups excluding carboxylic acids is 1. The molecule has 9 nitrogen and oxygen atoms in total. The Morgan fingerprint density at radius 1 is 1.23 bits per heavy atom. The molecule has 1 aromatic heterocycles. The monoisotopic (exact) mass is 448 g/mol. The topological polar surface area (TPSA) is 115 Å². The van der Waals surface area contributed by atoms with E-state index in [-0.39, 0.29) is 24.5 Å². The summed E-state index contributed by atoms with van der Waals surface area (Å²) in [5.74, 6) is -0.0464. The van der Waals surface area contributed by atoms with Crippen LogP contribution in [0, 0.1) is 5.82 Å². The highest BCUT2D eigenvalue weighted by molar-refractivity contribution is 7.88. The van der Waals surface area contributed by atoms with Gasteiger partial charge in [0.1, 0.15) is 11.6 Å². The number of carbonyl (C=O) groups is 1.